The highest BCUT2D eigenvalue weighted by molar-refractivity contribution is 5.34. The normalized spacial score (nSPS) is 12.3. The van der Waals surface area contributed by atoms with Crippen molar-refractivity contribution in [2.75, 3.05) is 6.61 Å². The average molecular weight is 283 g/mol. The summed E-state index contributed by atoms with van der Waals surface area (Å²) in [5.41, 5.74) is 0.126. The van der Waals surface area contributed by atoms with Gasteiger partial charge >= 0.3 is 5.69 Å². The van der Waals surface area contributed by atoms with Crippen molar-refractivity contribution in [3.8, 4) is 0 Å². The van der Waals surface area contributed by atoms with Crippen molar-refractivity contribution in [3.63, 3.8) is 0 Å². The van der Waals surface area contributed by atoms with Crippen LogP contribution in [0.15, 0.2) is 18.2 Å². The topological polar surface area (TPSA) is 52.4 Å². The molecule has 1 unspecified atom stereocenters. The van der Waals surface area contributed by atoms with Crippen LogP contribution in [-0.2, 0) is 11.3 Å². The maximum atomic E-state index is 13.4. The number of nitro benzene ring substituents is 1. The SMILES string of the molecule is CCCCC(CC)COCc1ccc([N+](=O)[O-])c(F)c1. The van der Waals surface area contributed by atoms with Crippen LogP contribution in [-0.4, -0.2) is 11.5 Å². The molecule has 1 aromatic carbocycles. The summed E-state index contributed by atoms with van der Waals surface area (Å²) in [6.45, 7) is 5.23. The Bertz CT molecular complexity index is 437. The summed E-state index contributed by atoms with van der Waals surface area (Å²) in [5.74, 6) is -0.285. The molecule has 0 bridgehead atoms. The second-order valence-electron chi connectivity index (χ2n) is 4.97. The molecule has 5 heteroatoms. The minimum absolute atomic E-state index is 0.289. The number of nitro groups is 1. The predicted octanol–water partition coefficient (Wildman–Crippen LogP) is 4.47. The predicted molar refractivity (Wildman–Crippen MR) is 76.0 cm³/mol. The number of rotatable bonds is 9. The average Bonchev–Trinajstić information content (AvgIpc) is 2.42. The second-order valence-corrected chi connectivity index (χ2v) is 4.97. The third-order valence-corrected chi connectivity index (χ3v) is 3.37. The third-order valence-electron chi connectivity index (χ3n) is 3.37. The van der Waals surface area contributed by atoms with E-state index in [2.05, 4.69) is 13.8 Å². The Kier molecular flexibility index (Phi) is 7.15. The molecule has 4 nitrogen and oxygen atoms in total. The van der Waals surface area contributed by atoms with Gasteiger partial charge in [-0.2, -0.15) is 4.39 Å². The summed E-state index contributed by atoms with van der Waals surface area (Å²) in [6.07, 6.45) is 4.56. The lowest BCUT2D eigenvalue weighted by Gasteiger charge is -2.14. The molecule has 0 fully saturated rings. The van der Waals surface area contributed by atoms with Crippen LogP contribution in [0, 0.1) is 21.8 Å². The molecule has 0 saturated carbocycles. The maximum absolute atomic E-state index is 13.4. The van der Waals surface area contributed by atoms with E-state index >= 15 is 0 Å². The van der Waals surface area contributed by atoms with E-state index in [9.17, 15) is 14.5 Å². The molecular formula is C15H22FNO3. The van der Waals surface area contributed by atoms with Gasteiger partial charge in [0, 0.05) is 12.7 Å². The largest absolute Gasteiger partial charge is 0.376 e. The quantitative estimate of drug-likeness (QED) is 0.496. The standard InChI is InChI=1S/C15H22FNO3/c1-3-5-6-12(4-2)10-20-11-13-7-8-15(17(18)19)14(16)9-13/h7-9,12H,3-6,10-11H2,1-2H3. The van der Waals surface area contributed by atoms with E-state index in [1.54, 1.807) is 0 Å². The van der Waals surface area contributed by atoms with Crippen LogP contribution in [0.1, 0.15) is 45.1 Å². The molecule has 0 amide bonds. The molecule has 1 rings (SSSR count). The van der Waals surface area contributed by atoms with E-state index < -0.39 is 16.4 Å². The molecule has 0 heterocycles. The maximum Gasteiger partial charge on any atom is 0.304 e. The van der Waals surface area contributed by atoms with Crippen LogP contribution in [0.3, 0.4) is 0 Å². The van der Waals surface area contributed by atoms with Crippen molar-refractivity contribution in [2.24, 2.45) is 5.92 Å². The summed E-state index contributed by atoms with van der Waals surface area (Å²) in [5, 5.41) is 10.5. The first-order valence-corrected chi connectivity index (χ1v) is 7.09. The van der Waals surface area contributed by atoms with Crippen LogP contribution >= 0.6 is 0 Å². The Hall–Kier alpha value is -1.49. The Morgan fingerprint density at radius 3 is 2.70 bits per heavy atom. The Morgan fingerprint density at radius 1 is 1.40 bits per heavy atom. The van der Waals surface area contributed by atoms with Gasteiger partial charge in [-0.05, 0) is 30.0 Å². The van der Waals surface area contributed by atoms with Crippen molar-refractivity contribution in [2.45, 2.75) is 46.1 Å². The molecule has 0 aliphatic rings. The van der Waals surface area contributed by atoms with E-state index in [-0.39, 0.29) is 6.61 Å². The summed E-state index contributed by atoms with van der Waals surface area (Å²) in [4.78, 5) is 9.79. The van der Waals surface area contributed by atoms with Gasteiger partial charge in [0.25, 0.3) is 0 Å². The van der Waals surface area contributed by atoms with Gasteiger partial charge in [0.2, 0.25) is 5.82 Å². The summed E-state index contributed by atoms with van der Waals surface area (Å²) < 4.78 is 19.0. The van der Waals surface area contributed by atoms with Gasteiger partial charge in [0.15, 0.2) is 0 Å². The number of nitrogens with zero attached hydrogens (tertiary/aromatic N) is 1. The number of ether oxygens (including phenoxy) is 1. The summed E-state index contributed by atoms with van der Waals surface area (Å²) in [7, 11) is 0. The molecule has 0 N–H and O–H groups in total. The molecule has 20 heavy (non-hydrogen) atoms. The lowest BCUT2D eigenvalue weighted by atomic mass is 10.0. The van der Waals surface area contributed by atoms with E-state index in [1.165, 1.54) is 31.0 Å². The first kappa shape index (κ1) is 16.6. The highest BCUT2D eigenvalue weighted by Crippen LogP contribution is 2.19. The zero-order valence-corrected chi connectivity index (χ0v) is 12.1. The van der Waals surface area contributed by atoms with Crippen molar-refractivity contribution in [1.29, 1.82) is 0 Å². The van der Waals surface area contributed by atoms with E-state index in [0.717, 1.165) is 12.8 Å². The molecule has 0 aliphatic carbocycles. The van der Waals surface area contributed by atoms with Gasteiger partial charge in [0.05, 0.1) is 11.5 Å². The van der Waals surface area contributed by atoms with Crippen molar-refractivity contribution in [3.05, 3.63) is 39.7 Å². The number of benzene rings is 1. The molecule has 0 aromatic heterocycles. The molecule has 0 aliphatic heterocycles. The highest BCUT2D eigenvalue weighted by Gasteiger charge is 2.14. The van der Waals surface area contributed by atoms with Crippen LogP contribution in [0.5, 0.6) is 0 Å². The van der Waals surface area contributed by atoms with Gasteiger partial charge in [-0.3, -0.25) is 10.1 Å². The van der Waals surface area contributed by atoms with E-state index in [4.69, 9.17) is 4.74 Å². The minimum Gasteiger partial charge on any atom is -0.376 e. The van der Waals surface area contributed by atoms with Gasteiger partial charge < -0.3 is 4.74 Å². The van der Waals surface area contributed by atoms with Gasteiger partial charge in [-0.25, -0.2) is 0 Å². The number of unbranched alkanes of at least 4 members (excludes halogenated alkanes) is 1. The first-order valence-electron chi connectivity index (χ1n) is 7.09. The summed E-state index contributed by atoms with van der Waals surface area (Å²) >= 11 is 0. The minimum atomic E-state index is -0.811. The van der Waals surface area contributed by atoms with Gasteiger partial charge in [-0.1, -0.05) is 33.1 Å². The number of hydrogen-bond donors (Lipinski definition) is 0. The molecule has 1 aromatic rings. The lowest BCUT2D eigenvalue weighted by molar-refractivity contribution is -0.387. The molecule has 0 spiro atoms. The molecule has 0 saturated heterocycles. The number of hydrogen-bond acceptors (Lipinski definition) is 3. The fraction of sp³-hybridized carbons (Fsp3) is 0.600. The smallest absolute Gasteiger partial charge is 0.304 e. The highest BCUT2D eigenvalue weighted by atomic mass is 19.1. The molecular weight excluding hydrogens is 261 g/mol. The Balaban J connectivity index is 2.45. The lowest BCUT2D eigenvalue weighted by Crippen LogP contribution is -2.09. The first-order chi connectivity index (χ1) is 9.58. The molecule has 112 valence electrons. The number of halogens is 1. The van der Waals surface area contributed by atoms with Crippen LogP contribution in [0.2, 0.25) is 0 Å². The van der Waals surface area contributed by atoms with E-state index in [0.29, 0.717) is 18.1 Å². The van der Waals surface area contributed by atoms with Crippen molar-refractivity contribution < 1.29 is 14.1 Å². The van der Waals surface area contributed by atoms with Gasteiger partial charge in [0.1, 0.15) is 0 Å². The molecule has 1 atom stereocenters. The zero-order chi connectivity index (χ0) is 15.0. The zero-order valence-electron chi connectivity index (χ0n) is 12.1. The van der Waals surface area contributed by atoms with Crippen LogP contribution < -0.4 is 0 Å². The fourth-order valence-electron chi connectivity index (χ4n) is 2.03. The Labute approximate surface area is 119 Å². The monoisotopic (exact) mass is 283 g/mol. The van der Waals surface area contributed by atoms with Crippen LogP contribution in [0.25, 0.3) is 0 Å². The molecule has 0 radical (unpaired) electrons. The van der Waals surface area contributed by atoms with E-state index in [1.807, 2.05) is 0 Å². The Morgan fingerprint density at radius 2 is 2.15 bits per heavy atom. The fourth-order valence-corrected chi connectivity index (χ4v) is 2.03. The van der Waals surface area contributed by atoms with Crippen molar-refractivity contribution in [1.82, 2.24) is 0 Å². The van der Waals surface area contributed by atoms with Crippen molar-refractivity contribution >= 4 is 5.69 Å². The van der Waals surface area contributed by atoms with Crippen LogP contribution in [0.4, 0.5) is 10.1 Å². The summed E-state index contributed by atoms with van der Waals surface area (Å²) in [6, 6.07) is 3.89. The third kappa shape index (κ3) is 5.25. The van der Waals surface area contributed by atoms with Gasteiger partial charge in [-0.15, -0.1) is 0 Å². The second kappa shape index (κ2) is 8.64.